The second-order valence-electron chi connectivity index (χ2n) is 11.5. The number of benzene rings is 4. The maximum atomic E-state index is 14.4. The molecule has 0 aromatic heterocycles. The van der Waals surface area contributed by atoms with Crippen LogP contribution in [0.4, 0.5) is 18.9 Å². The van der Waals surface area contributed by atoms with Crippen molar-refractivity contribution in [3.8, 4) is 6.07 Å². The number of alkyl halides is 3. The number of sulfonamides is 1. The van der Waals surface area contributed by atoms with E-state index in [9.17, 15) is 31.5 Å². The highest BCUT2D eigenvalue weighted by Gasteiger charge is 2.36. The maximum Gasteiger partial charge on any atom is 0.417 e. The summed E-state index contributed by atoms with van der Waals surface area (Å²) in [7, 11) is -2.81. The van der Waals surface area contributed by atoms with Gasteiger partial charge in [-0.05, 0) is 53.4 Å². The van der Waals surface area contributed by atoms with Gasteiger partial charge < -0.3 is 10.0 Å². The Bertz CT molecular complexity index is 1830. The smallest absolute Gasteiger partial charge is 0.392 e. The third-order valence-corrected chi connectivity index (χ3v) is 9.64. The summed E-state index contributed by atoms with van der Waals surface area (Å²) in [5.74, 6) is -0.828. The van der Waals surface area contributed by atoms with Gasteiger partial charge in [-0.2, -0.15) is 18.4 Å². The van der Waals surface area contributed by atoms with E-state index in [-0.39, 0.29) is 11.6 Å². The lowest BCUT2D eigenvalue weighted by Gasteiger charge is -2.35. The number of carbonyl (C=O) groups excluding carboxylic acids is 1. The van der Waals surface area contributed by atoms with Gasteiger partial charge in [-0.1, -0.05) is 72.8 Å². The first-order chi connectivity index (χ1) is 22.4. The molecule has 1 aliphatic heterocycles. The molecule has 1 saturated heterocycles. The largest absolute Gasteiger partial charge is 0.417 e. The van der Waals surface area contributed by atoms with E-state index in [0.717, 1.165) is 23.3 Å². The summed E-state index contributed by atoms with van der Waals surface area (Å²) in [5, 5.41) is 19.3. The number of hydrogen-bond acceptors (Lipinski definition) is 6. The van der Waals surface area contributed by atoms with Crippen molar-refractivity contribution in [3.63, 3.8) is 0 Å². The van der Waals surface area contributed by atoms with Gasteiger partial charge in [0.15, 0.2) is 0 Å². The van der Waals surface area contributed by atoms with Crippen molar-refractivity contribution in [2.45, 2.75) is 35.6 Å². The number of nitrogens with one attached hydrogen (secondary N) is 1. The molecule has 0 spiro atoms. The van der Waals surface area contributed by atoms with Crippen molar-refractivity contribution in [3.05, 3.63) is 131 Å². The Balaban J connectivity index is 1.49. The molecule has 1 amide bonds. The molecule has 1 fully saturated rings. The van der Waals surface area contributed by atoms with Gasteiger partial charge in [0.2, 0.25) is 5.91 Å². The molecule has 1 heterocycles. The predicted molar refractivity (Wildman–Crippen MR) is 171 cm³/mol. The predicted octanol–water partition coefficient (Wildman–Crippen LogP) is 5.78. The van der Waals surface area contributed by atoms with Crippen LogP contribution in [0.2, 0.25) is 0 Å². The quantitative estimate of drug-likeness (QED) is 0.223. The van der Waals surface area contributed by atoms with Crippen LogP contribution < -0.4 is 4.72 Å². The Morgan fingerprint density at radius 3 is 2.15 bits per heavy atom. The van der Waals surface area contributed by atoms with Crippen molar-refractivity contribution in [2.24, 2.45) is 0 Å². The fourth-order valence-electron chi connectivity index (χ4n) is 5.85. The maximum absolute atomic E-state index is 14.4. The number of aliphatic hydroxyl groups excluding tert-OH is 1. The van der Waals surface area contributed by atoms with Crippen LogP contribution in [0.25, 0.3) is 0 Å². The van der Waals surface area contributed by atoms with Crippen LogP contribution in [-0.2, 0) is 21.0 Å². The van der Waals surface area contributed by atoms with E-state index in [4.69, 9.17) is 5.26 Å². The molecule has 12 heteroatoms. The Hall–Kier alpha value is -4.70. The zero-order chi connectivity index (χ0) is 33.8. The van der Waals surface area contributed by atoms with Crippen LogP contribution in [0, 0.1) is 11.3 Å². The Morgan fingerprint density at radius 1 is 0.979 bits per heavy atom. The van der Waals surface area contributed by atoms with Gasteiger partial charge in [-0.3, -0.25) is 14.4 Å². The topological polar surface area (TPSA) is 114 Å². The Labute approximate surface area is 271 Å². The molecule has 0 saturated carbocycles. The first kappa shape index (κ1) is 33.7. The molecule has 5 rings (SSSR count). The van der Waals surface area contributed by atoms with Gasteiger partial charge in [0.1, 0.15) is 0 Å². The monoisotopic (exact) mass is 662 g/mol. The fourth-order valence-corrected chi connectivity index (χ4v) is 6.92. The molecular formula is C35H33F3N4O4S. The summed E-state index contributed by atoms with van der Waals surface area (Å²) in [6, 6.07) is 28.2. The van der Waals surface area contributed by atoms with Gasteiger partial charge in [-0.25, -0.2) is 8.42 Å². The number of carbonyl (C=O) groups is 1. The van der Waals surface area contributed by atoms with E-state index in [1.807, 2.05) is 65.6 Å². The third-order valence-electron chi connectivity index (χ3n) is 8.26. The molecule has 0 bridgehead atoms. The molecular weight excluding hydrogens is 629 g/mol. The standard InChI is InChI=1S/C35H33F3N4O4S/c1-41(34(44)33(24-9-4-2-5-10-24)25-11-6-3-7-12-25)32(23-42-18-17-29(43)22-42)26-13-8-14-28(19-26)40-47(45,46)30-16-15-27(21-39)31(20-30)35(36,37)38/h2-16,19-20,29,32-33,40,43H,17-18,22-23H2,1H3/t29-,32-/m1/s1. The number of β-amino-alcohol motifs (C(OH)–C–C–N with tert-alkyl or cyclic N) is 1. The Kier molecular flexibility index (Phi) is 10.0. The molecule has 244 valence electrons. The minimum atomic E-state index is -4.93. The molecule has 47 heavy (non-hydrogen) atoms. The zero-order valence-electron chi connectivity index (χ0n) is 25.4. The molecule has 2 N–H and O–H groups in total. The number of nitrogens with zero attached hydrogens (tertiary/aromatic N) is 3. The highest BCUT2D eigenvalue weighted by molar-refractivity contribution is 7.92. The Morgan fingerprint density at radius 2 is 1.60 bits per heavy atom. The molecule has 4 aromatic carbocycles. The summed E-state index contributed by atoms with van der Waals surface area (Å²) in [5.41, 5.74) is 0.218. The summed E-state index contributed by atoms with van der Waals surface area (Å²) in [6.07, 6.45) is -4.86. The van der Waals surface area contributed by atoms with Crippen molar-refractivity contribution in [2.75, 3.05) is 31.4 Å². The molecule has 0 unspecified atom stereocenters. The molecule has 0 radical (unpaired) electrons. The van der Waals surface area contributed by atoms with Crippen LogP contribution >= 0.6 is 0 Å². The van der Waals surface area contributed by atoms with Gasteiger partial charge in [-0.15, -0.1) is 0 Å². The summed E-state index contributed by atoms with van der Waals surface area (Å²) in [4.78, 5) is 17.4. The van der Waals surface area contributed by atoms with Gasteiger partial charge in [0.25, 0.3) is 10.0 Å². The third kappa shape index (κ3) is 7.82. The van der Waals surface area contributed by atoms with E-state index in [0.29, 0.717) is 37.7 Å². The average Bonchev–Trinajstić information content (AvgIpc) is 3.48. The molecule has 1 aliphatic rings. The van der Waals surface area contributed by atoms with Crippen LogP contribution in [-0.4, -0.2) is 62.0 Å². The first-order valence-corrected chi connectivity index (χ1v) is 16.4. The lowest BCUT2D eigenvalue weighted by atomic mass is 9.89. The van der Waals surface area contributed by atoms with Crippen molar-refractivity contribution in [1.82, 2.24) is 9.80 Å². The molecule has 4 aromatic rings. The van der Waals surface area contributed by atoms with E-state index < -0.39 is 50.3 Å². The SMILES string of the molecule is CN(C(=O)C(c1ccccc1)c1ccccc1)[C@H](CN1CC[C@@H](O)C1)c1cccc(NS(=O)(=O)c2ccc(C#N)c(C(F)(F)F)c2)c1. The van der Waals surface area contributed by atoms with E-state index >= 15 is 0 Å². The summed E-state index contributed by atoms with van der Waals surface area (Å²) < 4.78 is 69.6. The molecule has 8 nitrogen and oxygen atoms in total. The average molecular weight is 663 g/mol. The lowest BCUT2D eigenvalue weighted by Crippen LogP contribution is -2.41. The van der Waals surface area contributed by atoms with Crippen molar-refractivity contribution >= 4 is 21.6 Å². The van der Waals surface area contributed by atoms with Gasteiger partial charge in [0, 0.05) is 32.4 Å². The number of likely N-dealkylation sites (tertiary alicyclic amines) is 1. The van der Waals surface area contributed by atoms with E-state index in [2.05, 4.69) is 4.72 Å². The van der Waals surface area contributed by atoms with Crippen LogP contribution in [0.3, 0.4) is 0 Å². The fraction of sp³-hybridized carbons (Fsp3) is 0.257. The number of hydrogen-bond donors (Lipinski definition) is 2. The normalized spacial score (nSPS) is 16.1. The first-order valence-electron chi connectivity index (χ1n) is 14.9. The minimum Gasteiger partial charge on any atom is -0.392 e. The lowest BCUT2D eigenvalue weighted by molar-refractivity contribution is -0.138. The summed E-state index contributed by atoms with van der Waals surface area (Å²) in [6.45, 7) is 1.36. The highest BCUT2D eigenvalue weighted by atomic mass is 32.2. The number of likely N-dealkylation sites (N-methyl/N-ethyl adjacent to an activating group) is 1. The molecule has 0 aliphatic carbocycles. The van der Waals surface area contributed by atoms with Crippen molar-refractivity contribution < 1.29 is 31.5 Å². The van der Waals surface area contributed by atoms with Crippen LogP contribution in [0.1, 0.15) is 46.2 Å². The number of nitriles is 1. The number of anilines is 1. The number of rotatable bonds is 10. The zero-order valence-corrected chi connectivity index (χ0v) is 26.2. The van der Waals surface area contributed by atoms with Crippen LogP contribution in [0.15, 0.2) is 108 Å². The van der Waals surface area contributed by atoms with Gasteiger partial charge in [0.05, 0.1) is 40.2 Å². The van der Waals surface area contributed by atoms with E-state index in [1.54, 1.807) is 30.1 Å². The highest BCUT2D eigenvalue weighted by Crippen LogP contribution is 2.35. The second-order valence-corrected chi connectivity index (χ2v) is 13.2. The number of halogens is 3. The van der Waals surface area contributed by atoms with Gasteiger partial charge >= 0.3 is 6.18 Å². The molecule has 2 atom stereocenters. The second kappa shape index (κ2) is 14.0. The van der Waals surface area contributed by atoms with Crippen molar-refractivity contribution in [1.29, 1.82) is 5.26 Å². The number of aliphatic hydroxyl groups is 1. The van der Waals surface area contributed by atoms with E-state index in [1.165, 1.54) is 12.1 Å². The minimum absolute atomic E-state index is 0.0791. The summed E-state index contributed by atoms with van der Waals surface area (Å²) >= 11 is 0. The number of amides is 1. The van der Waals surface area contributed by atoms with Crippen LogP contribution in [0.5, 0.6) is 0 Å².